The van der Waals surface area contributed by atoms with Crippen LogP contribution in [0.25, 0.3) is 6.08 Å². The summed E-state index contributed by atoms with van der Waals surface area (Å²) < 4.78 is 7.98. The number of imidazole rings is 1. The normalized spacial score (nSPS) is 11.1. The number of para-hydroxylation sites is 1. The Morgan fingerprint density at radius 3 is 2.69 bits per heavy atom. The lowest BCUT2D eigenvalue weighted by Gasteiger charge is -2.08. The summed E-state index contributed by atoms with van der Waals surface area (Å²) >= 11 is 1.60. The van der Waals surface area contributed by atoms with E-state index in [1.807, 2.05) is 74.0 Å². The number of hydrogen-bond donors (Lipinski definition) is 1. The third-order valence-corrected chi connectivity index (χ3v) is 5.70. The van der Waals surface area contributed by atoms with Crippen molar-refractivity contribution in [2.24, 2.45) is 0 Å². The molecule has 4 rings (SSSR count). The van der Waals surface area contributed by atoms with Crippen molar-refractivity contribution in [1.82, 2.24) is 14.5 Å². The number of hydrogen-bond acceptors (Lipinski definition) is 5. The molecule has 0 radical (unpaired) electrons. The van der Waals surface area contributed by atoms with Gasteiger partial charge in [-0.2, -0.15) is 0 Å². The first kappa shape index (κ1) is 21.5. The van der Waals surface area contributed by atoms with E-state index in [1.54, 1.807) is 23.6 Å². The number of carbonyl (C=O) groups is 1. The zero-order valence-corrected chi connectivity index (χ0v) is 18.8. The molecule has 0 atom stereocenters. The Labute approximate surface area is 191 Å². The molecule has 2 aromatic carbocycles. The molecule has 1 N–H and O–H groups in total. The van der Waals surface area contributed by atoms with Crippen molar-refractivity contribution < 1.29 is 9.53 Å². The third-order valence-electron chi connectivity index (χ3n) is 4.87. The Balaban J connectivity index is 1.34. The first-order chi connectivity index (χ1) is 15.6. The number of benzene rings is 2. The highest BCUT2D eigenvalue weighted by atomic mass is 32.1. The van der Waals surface area contributed by atoms with E-state index in [2.05, 4.69) is 19.9 Å². The zero-order valence-electron chi connectivity index (χ0n) is 18.0. The molecule has 2 aromatic heterocycles. The number of ether oxygens (including phenoxy) is 1. The SMILES string of the molecule is Cc1nc(COc2ccccc2/C=C/C(=O)Nc2ccc(Cn3ccnc3C)cc2)cs1. The maximum absolute atomic E-state index is 12.4. The van der Waals surface area contributed by atoms with Gasteiger partial charge in [0.15, 0.2) is 0 Å². The Bertz CT molecular complexity index is 1220. The van der Waals surface area contributed by atoms with Gasteiger partial charge in [0.1, 0.15) is 18.2 Å². The monoisotopic (exact) mass is 444 g/mol. The molecule has 0 saturated carbocycles. The van der Waals surface area contributed by atoms with Crippen molar-refractivity contribution in [2.75, 3.05) is 5.32 Å². The van der Waals surface area contributed by atoms with Gasteiger partial charge in [-0.1, -0.05) is 30.3 Å². The van der Waals surface area contributed by atoms with Crippen LogP contribution in [0.3, 0.4) is 0 Å². The van der Waals surface area contributed by atoms with Crippen LogP contribution < -0.4 is 10.1 Å². The summed E-state index contributed by atoms with van der Waals surface area (Å²) in [5.74, 6) is 1.48. The molecular formula is C25H24N4O2S. The van der Waals surface area contributed by atoms with E-state index in [1.165, 1.54) is 6.08 Å². The van der Waals surface area contributed by atoms with Crippen LogP contribution in [-0.4, -0.2) is 20.4 Å². The number of rotatable bonds is 8. The lowest BCUT2D eigenvalue weighted by Crippen LogP contribution is -2.08. The van der Waals surface area contributed by atoms with Gasteiger partial charge >= 0.3 is 0 Å². The summed E-state index contributed by atoms with van der Waals surface area (Å²) in [6, 6.07) is 15.4. The van der Waals surface area contributed by atoms with Gasteiger partial charge in [-0.25, -0.2) is 9.97 Å². The summed E-state index contributed by atoms with van der Waals surface area (Å²) in [7, 11) is 0. The maximum Gasteiger partial charge on any atom is 0.248 e. The Hall–Kier alpha value is -3.71. The number of nitrogens with zero attached hydrogens (tertiary/aromatic N) is 3. The summed E-state index contributed by atoms with van der Waals surface area (Å²) in [5, 5.41) is 5.90. The van der Waals surface area contributed by atoms with Crippen molar-refractivity contribution in [3.8, 4) is 5.75 Å². The van der Waals surface area contributed by atoms with Gasteiger partial charge in [-0.05, 0) is 43.7 Å². The number of anilines is 1. The molecule has 0 aliphatic carbocycles. The van der Waals surface area contributed by atoms with Crippen molar-refractivity contribution >= 4 is 29.0 Å². The summed E-state index contributed by atoms with van der Waals surface area (Å²) in [5.41, 5.74) is 3.62. The minimum Gasteiger partial charge on any atom is -0.487 e. The number of thiazole rings is 1. The van der Waals surface area contributed by atoms with Crippen LogP contribution >= 0.6 is 11.3 Å². The number of carbonyl (C=O) groups excluding carboxylic acids is 1. The summed E-state index contributed by atoms with van der Waals surface area (Å²) in [6.45, 7) is 5.09. The van der Waals surface area contributed by atoms with Gasteiger partial charge < -0.3 is 14.6 Å². The molecule has 0 aliphatic heterocycles. The molecule has 2 heterocycles. The highest BCUT2D eigenvalue weighted by molar-refractivity contribution is 7.09. The van der Waals surface area contributed by atoms with Crippen molar-refractivity contribution in [1.29, 1.82) is 0 Å². The van der Waals surface area contributed by atoms with Crippen LogP contribution in [-0.2, 0) is 17.9 Å². The van der Waals surface area contributed by atoms with E-state index in [0.29, 0.717) is 12.4 Å². The predicted octanol–water partition coefficient (Wildman–Crippen LogP) is 5.24. The predicted molar refractivity (Wildman–Crippen MR) is 128 cm³/mol. The molecule has 162 valence electrons. The summed E-state index contributed by atoms with van der Waals surface area (Å²) in [6.07, 6.45) is 7.01. The van der Waals surface area contributed by atoms with Crippen LogP contribution in [0.15, 0.2) is 72.4 Å². The van der Waals surface area contributed by atoms with Crippen LogP contribution in [0.2, 0.25) is 0 Å². The minimum absolute atomic E-state index is 0.201. The average molecular weight is 445 g/mol. The van der Waals surface area contributed by atoms with E-state index in [-0.39, 0.29) is 5.91 Å². The van der Waals surface area contributed by atoms with E-state index in [4.69, 9.17) is 4.74 Å². The van der Waals surface area contributed by atoms with Crippen LogP contribution in [0.5, 0.6) is 5.75 Å². The lowest BCUT2D eigenvalue weighted by atomic mass is 10.2. The fraction of sp³-hybridized carbons (Fsp3) is 0.160. The molecule has 0 fully saturated rings. The van der Waals surface area contributed by atoms with Crippen LogP contribution in [0.4, 0.5) is 5.69 Å². The van der Waals surface area contributed by atoms with E-state index in [9.17, 15) is 4.79 Å². The first-order valence-electron chi connectivity index (χ1n) is 10.3. The molecule has 1 amide bonds. The molecule has 0 saturated heterocycles. The number of aromatic nitrogens is 3. The molecule has 0 unspecified atom stereocenters. The van der Waals surface area contributed by atoms with Crippen molar-refractivity contribution in [2.45, 2.75) is 27.0 Å². The molecular weight excluding hydrogens is 420 g/mol. The van der Waals surface area contributed by atoms with E-state index in [0.717, 1.165) is 39.9 Å². The van der Waals surface area contributed by atoms with Gasteiger partial charge in [-0.15, -0.1) is 11.3 Å². The van der Waals surface area contributed by atoms with E-state index >= 15 is 0 Å². The minimum atomic E-state index is -0.201. The highest BCUT2D eigenvalue weighted by Crippen LogP contribution is 2.21. The third kappa shape index (κ3) is 5.70. The standard InChI is InChI=1S/C25H24N4O2S/c1-18-26-13-14-29(18)15-20-7-10-22(11-8-20)28-25(30)12-9-21-5-3-4-6-24(21)31-16-23-17-32-19(2)27-23/h3-14,17H,15-16H2,1-2H3,(H,28,30)/b12-9+. The number of aryl methyl sites for hydroxylation is 2. The quantitative estimate of drug-likeness (QED) is 0.378. The lowest BCUT2D eigenvalue weighted by molar-refractivity contribution is -0.111. The molecule has 32 heavy (non-hydrogen) atoms. The topological polar surface area (TPSA) is 69.0 Å². The Kier molecular flexibility index (Phi) is 6.77. The van der Waals surface area contributed by atoms with Crippen LogP contribution in [0, 0.1) is 13.8 Å². The van der Waals surface area contributed by atoms with Gasteiger partial charge in [0.2, 0.25) is 5.91 Å². The molecule has 0 spiro atoms. The Morgan fingerprint density at radius 1 is 1.16 bits per heavy atom. The van der Waals surface area contributed by atoms with Gasteiger partial charge in [0, 0.05) is 41.6 Å². The van der Waals surface area contributed by atoms with Gasteiger partial charge in [-0.3, -0.25) is 4.79 Å². The largest absolute Gasteiger partial charge is 0.487 e. The Morgan fingerprint density at radius 2 is 1.97 bits per heavy atom. The zero-order chi connectivity index (χ0) is 22.3. The summed E-state index contributed by atoms with van der Waals surface area (Å²) in [4.78, 5) is 21.1. The van der Waals surface area contributed by atoms with Crippen molar-refractivity contribution in [3.05, 3.63) is 100 Å². The second-order valence-electron chi connectivity index (χ2n) is 7.31. The number of amides is 1. The molecule has 0 aliphatic rings. The fourth-order valence-electron chi connectivity index (χ4n) is 3.19. The van der Waals surface area contributed by atoms with Crippen molar-refractivity contribution in [3.63, 3.8) is 0 Å². The second-order valence-corrected chi connectivity index (χ2v) is 8.37. The van der Waals surface area contributed by atoms with Gasteiger partial charge in [0.25, 0.3) is 0 Å². The molecule has 4 aromatic rings. The number of nitrogens with one attached hydrogen (secondary N) is 1. The van der Waals surface area contributed by atoms with E-state index < -0.39 is 0 Å². The average Bonchev–Trinajstić information content (AvgIpc) is 3.40. The maximum atomic E-state index is 12.4. The highest BCUT2D eigenvalue weighted by Gasteiger charge is 2.05. The molecule has 0 bridgehead atoms. The fourth-order valence-corrected chi connectivity index (χ4v) is 3.78. The smallest absolute Gasteiger partial charge is 0.248 e. The van der Waals surface area contributed by atoms with Gasteiger partial charge in [0.05, 0.1) is 10.7 Å². The van der Waals surface area contributed by atoms with Crippen LogP contribution in [0.1, 0.15) is 27.7 Å². The molecule has 6 nitrogen and oxygen atoms in total. The molecule has 7 heteroatoms. The first-order valence-corrected chi connectivity index (χ1v) is 11.1. The second kappa shape index (κ2) is 10.1.